The molecule has 0 amide bonds. The molecule has 1 heterocycles. The highest BCUT2D eigenvalue weighted by atomic mass is 35.5. The number of alkyl halides is 3. The number of carbonyl (C=O) groups excluding carboxylic acids is 1. The molecule has 23 heavy (non-hydrogen) atoms. The zero-order valence-electron chi connectivity index (χ0n) is 11.8. The van der Waals surface area contributed by atoms with E-state index in [2.05, 4.69) is 14.7 Å². The predicted octanol–water partition coefficient (Wildman–Crippen LogP) is 4.56. The molecular weight excluding hydrogens is 356 g/mol. The predicted molar refractivity (Wildman–Crippen MR) is 78.6 cm³/mol. The van der Waals surface area contributed by atoms with Gasteiger partial charge in [-0.15, -0.1) is 0 Å². The Kier molecular flexibility index (Phi) is 4.81. The maximum Gasteiger partial charge on any atom is 0.435 e. The van der Waals surface area contributed by atoms with E-state index in [1.807, 2.05) is 0 Å². The SMILES string of the molecule is COC(=O)c1nc(-c2ccc(Cl)c(Cl)c2)c(C)nc1C(F)(F)F. The smallest absolute Gasteiger partial charge is 0.435 e. The fourth-order valence-electron chi connectivity index (χ4n) is 1.87. The lowest BCUT2D eigenvalue weighted by Crippen LogP contribution is -2.20. The molecule has 1 aromatic heterocycles. The van der Waals surface area contributed by atoms with Gasteiger partial charge in [0.15, 0.2) is 11.4 Å². The van der Waals surface area contributed by atoms with Gasteiger partial charge in [0.25, 0.3) is 0 Å². The topological polar surface area (TPSA) is 52.1 Å². The van der Waals surface area contributed by atoms with Crippen molar-refractivity contribution >= 4 is 29.2 Å². The first kappa shape index (κ1) is 17.5. The fraction of sp³-hybridized carbons (Fsp3) is 0.214. The maximum atomic E-state index is 13.0. The van der Waals surface area contributed by atoms with E-state index in [0.717, 1.165) is 7.11 Å². The van der Waals surface area contributed by atoms with E-state index in [-0.39, 0.29) is 21.4 Å². The number of halogens is 5. The summed E-state index contributed by atoms with van der Waals surface area (Å²) in [5.41, 5.74) is -1.86. The largest absolute Gasteiger partial charge is 0.464 e. The number of aryl methyl sites for hydroxylation is 1. The standard InChI is InChI=1S/C14H9Cl2F3N2O2/c1-6-10(7-3-4-8(15)9(16)5-7)21-11(13(22)23-2)12(20-6)14(17,18)19/h3-5H,1-2H3. The van der Waals surface area contributed by atoms with E-state index in [0.29, 0.717) is 5.56 Å². The van der Waals surface area contributed by atoms with Gasteiger partial charge in [0.1, 0.15) is 0 Å². The van der Waals surface area contributed by atoms with Crippen LogP contribution in [0, 0.1) is 6.92 Å². The molecule has 2 rings (SSSR count). The summed E-state index contributed by atoms with van der Waals surface area (Å²) in [5.74, 6) is -1.23. The Balaban J connectivity index is 2.71. The van der Waals surface area contributed by atoms with E-state index in [1.165, 1.54) is 25.1 Å². The highest BCUT2D eigenvalue weighted by Crippen LogP contribution is 2.34. The molecule has 0 radical (unpaired) electrons. The van der Waals surface area contributed by atoms with E-state index < -0.39 is 23.5 Å². The van der Waals surface area contributed by atoms with Crippen molar-refractivity contribution in [1.82, 2.24) is 9.97 Å². The van der Waals surface area contributed by atoms with Crippen molar-refractivity contribution in [2.24, 2.45) is 0 Å². The second-order valence-corrected chi connectivity index (χ2v) is 5.29. The lowest BCUT2D eigenvalue weighted by molar-refractivity contribution is -0.142. The van der Waals surface area contributed by atoms with Gasteiger partial charge in [-0.3, -0.25) is 0 Å². The molecule has 0 saturated carbocycles. The molecule has 0 spiro atoms. The van der Waals surface area contributed by atoms with Gasteiger partial charge in [-0.25, -0.2) is 14.8 Å². The van der Waals surface area contributed by atoms with Gasteiger partial charge in [0, 0.05) is 5.56 Å². The number of methoxy groups -OCH3 is 1. The third kappa shape index (κ3) is 3.56. The second-order valence-electron chi connectivity index (χ2n) is 4.47. The van der Waals surface area contributed by atoms with Crippen molar-refractivity contribution in [2.75, 3.05) is 7.11 Å². The molecule has 9 heteroatoms. The van der Waals surface area contributed by atoms with Crippen LogP contribution in [0.2, 0.25) is 10.0 Å². The van der Waals surface area contributed by atoms with Gasteiger partial charge < -0.3 is 4.74 Å². The summed E-state index contributed by atoms with van der Waals surface area (Å²) in [4.78, 5) is 18.9. The molecular formula is C14H9Cl2F3N2O2. The Morgan fingerprint density at radius 2 is 1.83 bits per heavy atom. The summed E-state index contributed by atoms with van der Waals surface area (Å²) < 4.78 is 43.4. The van der Waals surface area contributed by atoms with Gasteiger partial charge in [0.2, 0.25) is 0 Å². The second kappa shape index (κ2) is 6.33. The molecule has 0 saturated heterocycles. The average Bonchev–Trinajstić information content (AvgIpc) is 2.48. The summed E-state index contributed by atoms with van der Waals surface area (Å²) in [5, 5.41) is 0.478. The zero-order valence-corrected chi connectivity index (χ0v) is 13.3. The van der Waals surface area contributed by atoms with Gasteiger partial charge >= 0.3 is 12.1 Å². The zero-order chi connectivity index (χ0) is 17.4. The third-order valence-electron chi connectivity index (χ3n) is 2.91. The van der Waals surface area contributed by atoms with E-state index in [4.69, 9.17) is 23.2 Å². The van der Waals surface area contributed by atoms with Gasteiger partial charge in [0.05, 0.1) is 28.5 Å². The first-order chi connectivity index (χ1) is 10.6. The van der Waals surface area contributed by atoms with E-state index in [9.17, 15) is 18.0 Å². The summed E-state index contributed by atoms with van der Waals surface area (Å²) in [6, 6.07) is 4.41. The minimum absolute atomic E-state index is 0.0108. The van der Waals surface area contributed by atoms with E-state index >= 15 is 0 Å². The van der Waals surface area contributed by atoms with Crippen molar-refractivity contribution in [3.05, 3.63) is 45.3 Å². The minimum atomic E-state index is -4.84. The summed E-state index contributed by atoms with van der Waals surface area (Å²) >= 11 is 11.7. The number of nitrogens with zero attached hydrogens (tertiary/aromatic N) is 2. The van der Waals surface area contributed by atoms with Gasteiger partial charge in [-0.05, 0) is 19.1 Å². The van der Waals surface area contributed by atoms with Gasteiger partial charge in [-0.1, -0.05) is 29.3 Å². The fourth-order valence-corrected chi connectivity index (χ4v) is 2.17. The lowest BCUT2D eigenvalue weighted by atomic mass is 10.1. The average molecular weight is 365 g/mol. The first-order valence-corrected chi connectivity index (χ1v) is 6.90. The van der Waals surface area contributed by atoms with Gasteiger partial charge in [-0.2, -0.15) is 13.2 Å². The Labute approximate surface area is 139 Å². The summed E-state index contributed by atoms with van der Waals surface area (Å²) in [6.45, 7) is 1.35. The highest BCUT2D eigenvalue weighted by Gasteiger charge is 2.39. The van der Waals surface area contributed by atoms with Crippen LogP contribution in [0.5, 0.6) is 0 Å². The number of aromatic nitrogens is 2. The molecule has 2 aromatic rings. The molecule has 0 N–H and O–H groups in total. The summed E-state index contributed by atoms with van der Waals surface area (Å²) in [6.07, 6.45) is -4.84. The molecule has 0 aliphatic carbocycles. The Hall–Kier alpha value is -1.86. The number of hydrogen-bond acceptors (Lipinski definition) is 4. The van der Waals surface area contributed by atoms with Crippen molar-refractivity contribution in [2.45, 2.75) is 13.1 Å². The Bertz CT molecular complexity index is 779. The number of ether oxygens (including phenoxy) is 1. The monoisotopic (exact) mass is 364 g/mol. The van der Waals surface area contributed by atoms with E-state index in [1.54, 1.807) is 0 Å². The van der Waals surface area contributed by atoms with Crippen LogP contribution in [0.15, 0.2) is 18.2 Å². The number of esters is 1. The van der Waals surface area contributed by atoms with Crippen molar-refractivity contribution in [1.29, 1.82) is 0 Å². The van der Waals surface area contributed by atoms with Crippen LogP contribution in [-0.4, -0.2) is 23.0 Å². The molecule has 0 bridgehead atoms. The van der Waals surface area contributed by atoms with Crippen LogP contribution >= 0.6 is 23.2 Å². The molecule has 0 fully saturated rings. The molecule has 0 unspecified atom stereocenters. The molecule has 122 valence electrons. The summed E-state index contributed by atoms with van der Waals surface area (Å²) in [7, 11) is 0.961. The molecule has 1 aromatic carbocycles. The number of hydrogen-bond donors (Lipinski definition) is 0. The minimum Gasteiger partial charge on any atom is -0.464 e. The van der Waals surface area contributed by atoms with Crippen LogP contribution in [-0.2, 0) is 10.9 Å². The van der Waals surface area contributed by atoms with Crippen molar-refractivity contribution < 1.29 is 22.7 Å². The number of rotatable bonds is 2. The Morgan fingerprint density at radius 1 is 1.17 bits per heavy atom. The number of benzene rings is 1. The first-order valence-electron chi connectivity index (χ1n) is 6.14. The van der Waals surface area contributed by atoms with Crippen LogP contribution in [0.3, 0.4) is 0 Å². The molecule has 0 aliphatic heterocycles. The van der Waals surface area contributed by atoms with Crippen LogP contribution in [0.1, 0.15) is 21.9 Å². The molecule has 4 nitrogen and oxygen atoms in total. The van der Waals surface area contributed by atoms with Crippen LogP contribution < -0.4 is 0 Å². The maximum absolute atomic E-state index is 13.0. The van der Waals surface area contributed by atoms with Crippen LogP contribution in [0.4, 0.5) is 13.2 Å². The Morgan fingerprint density at radius 3 is 2.35 bits per heavy atom. The van der Waals surface area contributed by atoms with Crippen molar-refractivity contribution in [3.63, 3.8) is 0 Å². The number of carbonyl (C=O) groups is 1. The molecule has 0 atom stereocenters. The van der Waals surface area contributed by atoms with Crippen LogP contribution in [0.25, 0.3) is 11.3 Å². The van der Waals surface area contributed by atoms with Crippen molar-refractivity contribution in [3.8, 4) is 11.3 Å². The molecule has 0 aliphatic rings. The third-order valence-corrected chi connectivity index (χ3v) is 3.65. The lowest BCUT2D eigenvalue weighted by Gasteiger charge is -2.13. The normalized spacial score (nSPS) is 11.4. The quantitative estimate of drug-likeness (QED) is 0.732. The highest BCUT2D eigenvalue weighted by molar-refractivity contribution is 6.42.